The number of carbonyl (C=O) groups is 3. The molecule has 27 heavy (non-hydrogen) atoms. The van der Waals surface area contributed by atoms with Crippen molar-refractivity contribution in [2.24, 2.45) is 0 Å². The summed E-state index contributed by atoms with van der Waals surface area (Å²) in [6.07, 6.45) is 0. The molecule has 0 aromatic heterocycles. The van der Waals surface area contributed by atoms with E-state index in [0.29, 0.717) is 39.3 Å². The highest BCUT2D eigenvalue weighted by atomic mass is 16.2. The van der Waals surface area contributed by atoms with Crippen LogP contribution in [-0.2, 0) is 14.4 Å². The van der Waals surface area contributed by atoms with Crippen LogP contribution in [0.2, 0.25) is 0 Å². The molecule has 0 aromatic carbocycles. The largest absolute Gasteiger partial charge is 0.358 e. The number of hydrogen-bond acceptors (Lipinski definition) is 6. The summed E-state index contributed by atoms with van der Waals surface area (Å²) in [5, 5.41) is 8.10. The zero-order valence-corrected chi connectivity index (χ0v) is 17.5. The number of nitrogens with one attached hydrogen (secondary N) is 3. The maximum Gasteiger partial charge on any atom is 0.236 e. The van der Waals surface area contributed by atoms with Crippen LogP contribution < -0.4 is 16.0 Å². The van der Waals surface area contributed by atoms with Gasteiger partial charge >= 0.3 is 0 Å². The van der Waals surface area contributed by atoms with E-state index < -0.39 is 0 Å². The quantitative estimate of drug-likeness (QED) is 0.506. The van der Waals surface area contributed by atoms with Crippen molar-refractivity contribution in [1.82, 2.24) is 30.7 Å². The molecule has 156 valence electrons. The second kappa shape index (κ2) is 11.2. The average Bonchev–Trinajstić information content (AvgIpc) is 2.80. The fraction of sp³-hybridized carbons (Fsp3) is 0.833. The molecule has 0 unspecified atom stereocenters. The topological polar surface area (TPSA) is 97.0 Å². The van der Waals surface area contributed by atoms with Crippen molar-refractivity contribution in [1.29, 1.82) is 0 Å². The lowest BCUT2D eigenvalue weighted by atomic mass is 10.2. The van der Waals surface area contributed by atoms with Crippen LogP contribution in [0.15, 0.2) is 0 Å². The molecule has 9 nitrogen and oxygen atoms in total. The van der Waals surface area contributed by atoms with Crippen LogP contribution in [0.1, 0.15) is 20.8 Å². The molecule has 1 fully saturated rings. The van der Waals surface area contributed by atoms with Crippen molar-refractivity contribution in [2.45, 2.75) is 38.9 Å². The first kappa shape index (κ1) is 23.3. The highest BCUT2D eigenvalue weighted by molar-refractivity contribution is 5.82. The van der Waals surface area contributed by atoms with E-state index in [2.05, 4.69) is 30.7 Å². The standard InChI is InChI=1S/C18H36N6O3/c1-13(16(25)19-4)22-7-9-23(14(2)17(26)20-5)11-12-24(10-8-22)15(3)18(27)21-6/h13-15H,7-12H2,1-6H3,(H,19,25)(H,20,26)(H,21,27)/t13-,14-,15-/m1/s1. The molecular weight excluding hydrogens is 348 g/mol. The molecule has 3 N–H and O–H groups in total. The number of likely N-dealkylation sites (N-methyl/N-ethyl adjacent to an activating group) is 3. The van der Waals surface area contributed by atoms with Gasteiger partial charge in [-0.05, 0) is 20.8 Å². The third-order valence-corrected chi connectivity index (χ3v) is 5.54. The summed E-state index contributed by atoms with van der Waals surface area (Å²) in [7, 11) is 4.90. The molecule has 1 saturated heterocycles. The Bertz CT molecular complexity index is 432. The lowest BCUT2D eigenvalue weighted by Gasteiger charge is -2.31. The van der Waals surface area contributed by atoms with Crippen molar-refractivity contribution in [2.75, 3.05) is 60.4 Å². The van der Waals surface area contributed by atoms with E-state index in [9.17, 15) is 14.4 Å². The normalized spacial score (nSPS) is 21.1. The highest BCUT2D eigenvalue weighted by Crippen LogP contribution is 2.10. The first-order valence-electron chi connectivity index (χ1n) is 9.63. The Labute approximate surface area is 162 Å². The first-order chi connectivity index (χ1) is 12.8. The maximum absolute atomic E-state index is 12.1. The van der Waals surface area contributed by atoms with Gasteiger partial charge in [-0.2, -0.15) is 0 Å². The van der Waals surface area contributed by atoms with Crippen LogP contribution in [0.3, 0.4) is 0 Å². The third-order valence-electron chi connectivity index (χ3n) is 5.54. The number of nitrogens with zero attached hydrogens (tertiary/aromatic N) is 3. The van der Waals surface area contributed by atoms with E-state index in [1.807, 2.05) is 20.8 Å². The van der Waals surface area contributed by atoms with Gasteiger partial charge in [-0.1, -0.05) is 0 Å². The van der Waals surface area contributed by atoms with Crippen molar-refractivity contribution in [3.63, 3.8) is 0 Å². The monoisotopic (exact) mass is 384 g/mol. The SMILES string of the molecule is CNC(=O)[C@@H](C)N1CCN([C@H](C)C(=O)NC)CCN([C@H](C)C(=O)NC)CC1. The van der Waals surface area contributed by atoms with Crippen molar-refractivity contribution in [3.05, 3.63) is 0 Å². The summed E-state index contributed by atoms with van der Waals surface area (Å²) in [6, 6.07) is -0.827. The minimum Gasteiger partial charge on any atom is -0.358 e. The van der Waals surface area contributed by atoms with Gasteiger partial charge in [0.15, 0.2) is 0 Å². The Kier molecular flexibility index (Phi) is 9.68. The van der Waals surface area contributed by atoms with Gasteiger partial charge in [-0.3, -0.25) is 29.1 Å². The van der Waals surface area contributed by atoms with Crippen LogP contribution in [0, 0.1) is 0 Å². The van der Waals surface area contributed by atoms with Gasteiger partial charge in [0.25, 0.3) is 0 Å². The summed E-state index contributed by atoms with van der Waals surface area (Å²) in [5.41, 5.74) is 0. The number of amides is 3. The molecule has 0 aliphatic carbocycles. The number of carbonyl (C=O) groups excluding carboxylic acids is 3. The lowest BCUT2D eigenvalue weighted by Crippen LogP contribution is -2.50. The van der Waals surface area contributed by atoms with Gasteiger partial charge in [-0.25, -0.2) is 0 Å². The minimum atomic E-state index is -0.276. The van der Waals surface area contributed by atoms with Crippen molar-refractivity contribution in [3.8, 4) is 0 Å². The molecular formula is C18H36N6O3. The van der Waals surface area contributed by atoms with Crippen LogP contribution in [0.4, 0.5) is 0 Å². The predicted molar refractivity (Wildman–Crippen MR) is 105 cm³/mol. The Morgan fingerprint density at radius 1 is 0.556 bits per heavy atom. The average molecular weight is 385 g/mol. The van der Waals surface area contributed by atoms with Crippen molar-refractivity contribution < 1.29 is 14.4 Å². The smallest absolute Gasteiger partial charge is 0.236 e. The van der Waals surface area contributed by atoms with Crippen LogP contribution in [0.25, 0.3) is 0 Å². The molecule has 3 amide bonds. The second-order valence-electron chi connectivity index (χ2n) is 6.98. The highest BCUT2D eigenvalue weighted by Gasteiger charge is 2.29. The first-order valence-corrected chi connectivity index (χ1v) is 9.63. The molecule has 9 heteroatoms. The Hall–Kier alpha value is -1.71. The van der Waals surface area contributed by atoms with E-state index in [-0.39, 0.29) is 35.8 Å². The Morgan fingerprint density at radius 3 is 0.889 bits per heavy atom. The minimum absolute atomic E-state index is 0.0361. The summed E-state index contributed by atoms with van der Waals surface area (Å²) < 4.78 is 0. The molecule has 1 aliphatic rings. The third kappa shape index (κ3) is 6.44. The van der Waals surface area contributed by atoms with E-state index >= 15 is 0 Å². The van der Waals surface area contributed by atoms with Crippen LogP contribution >= 0.6 is 0 Å². The molecule has 1 heterocycles. The molecule has 3 atom stereocenters. The van der Waals surface area contributed by atoms with Gasteiger partial charge in [0.1, 0.15) is 0 Å². The Morgan fingerprint density at radius 2 is 0.741 bits per heavy atom. The van der Waals surface area contributed by atoms with Crippen LogP contribution in [-0.4, -0.2) is 111 Å². The second-order valence-corrected chi connectivity index (χ2v) is 6.98. The fourth-order valence-electron chi connectivity index (χ4n) is 3.39. The van der Waals surface area contributed by atoms with Gasteiger partial charge in [0.05, 0.1) is 18.1 Å². The van der Waals surface area contributed by atoms with E-state index in [4.69, 9.17) is 0 Å². The zero-order chi connectivity index (χ0) is 20.6. The molecule has 0 spiro atoms. The maximum atomic E-state index is 12.1. The van der Waals surface area contributed by atoms with E-state index in [1.165, 1.54) is 0 Å². The summed E-state index contributed by atoms with van der Waals surface area (Å²) in [4.78, 5) is 42.7. The predicted octanol–water partition coefficient (Wildman–Crippen LogP) is -1.69. The lowest BCUT2D eigenvalue weighted by molar-refractivity contribution is -0.127. The van der Waals surface area contributed by atoms with Gasteiger partial charge < -0.3 is 16.0 Å². The van der Waals surface area contributed by atoms with Crippen molar-refractivity contribution >= 4 is 17.7 Å². The summed E-state index contributed by atoms with van der Waals surface area (Å²) in [6.45, 7) is 9.73. The number of rotatable bonds is 6. The van der Waals surface area contributed by atoms with E-state index in [1.54, 1.807) is 21.1 Å². The molecule has 0 aromatic rings. The Balaban J connectivity index is 3.01. The fourth-order valence-corrected chi connectivity index (χ4v) is 3.39. The molecule has 1 rings (SSSR count). The zero-order valence-electron chi connectivity index (χ0n) is 17.5. The van der Waals surface area contributed by atoms with Gasteiger partial charge in [0.2, 0.25) is 17.7 Å². The molecule has 0 saturated carbocycles. The molecule has 0 radical (unpaired) electrons. The van der Waals surface area contributed by atoms with Crippen LogP contribution in [0.5, 0.6) is 0 Å². The number of hydrogen-bond donors (Lipinski definition) is 3. The summed E-state index contributed by atoms with van der Waals surface area (Å²) >= 11 is 0. The van der Waals surface area contributed by atoms with Gasteiger partial charge in [0, 0.05) is 60.4 Å². The van der Waals surface area contributed by atoms with E-state index in [0.717, 1.165) is 0 Å². The molecule has 0 bridgehead atoms. The summed E-state index contributed by atoms with van der Waals surface area (Å²) in [5.74, 6) is -0.108. The molecule has 1 aliphatic heterocycles. The van der Waals surface area contributed by atoms with Gasteiger partial charge in [-0.15, -0.1) is 0 Å².